The van der Waals surface area contributed by atoms with E-state index in [1.54, 1.807) is 12.4 Å². The van der Waals surface area contributed by atoms with Crippen LogP contribution in [0.15, 0.2) is 12.4 Å². The lowest BCUT2D eigenvalue weighted by Gasteiger charge is -2.17. The van der Waals surface area contributed by atoms with E-state index < -0.39 is 0 Å². The Morgan fingerprint density at radius 2 is 1.75 bits per heavy atom. The van der Waals surface area contributed by atoms with Crippen molar-refractivity contribution in [3.63, 3.8) is 0 Å². The van der Waals surface area contributed by atoms with Crippen LogP contribution in [0.2, 0.25) is 0 Å². The summed E-state index contributed by atoms with van der Waals surface area (Å²) < 4.78 is 0. The molecule has 68 valence electrons. The van der Waals surface area contributed by atoms with Crippen molar-refractivity contribution >= 4 is 0 Å². The Bertz CT molecular complexity index is 151. The van der Waals surface area contributed by atoms with E-state index in [2.05, 4.69) is 20.7 Å². The SMILES string of the molecule is NC1CCNCC1.c1cn[nH]n1. The second-order valence-corrected chi connectivity index (χ2v) is 2.74. The molecule has 0 aliphatic carbocycles. The van der Waals surface area contributed by atoms with Gasteiger partial charge in [0.1, 0.15) is 0 Å². The molecule has 1 saturated heterocycles. The summed E-state index contributed by atoms with van der Waals surface area (Å²) in [5.41, 5.74) is 5.59. The van der Waals surface area contributed by atoms with Gasteiger partial charge in [-0.3, -0.25) is 0 Å². The van der Waals surface area contributed by atoms with Crippen molar-refractivity contribution in [1.29, 1.82) is 0 Å². The maximum absolute atomic E-state index is 5.59. The fourth-order valence-corrected chi connectivity index (χ4v) is 1.01. The Hall–Kier alpha value is -0.940. The van der Waals surface area contributed by atoms with Gasteiger partial charge in [-0.25, -0.2) is 0 Å². The minimum atomic E-state index is 0.473. The summed E-state index contributed by atoms with van der Waals surface area (Å²) in [5.74, 6) is 0. The van der Waals surface area contributed by atoms with E-state index in [9.17, 15) is 0 Å². The lowest BCUT2D eigenvalue weighted by molar-refractivity contribution is 0.458. The molecule has 0 amide bonds. The number of hydrogen-bond acceptors (Lipinski definition) is 4. The molecule has 0 bridgehead atoms. The molecule has 2 rings (SSSR count). The molecule has 1 aromatic rings. The molecule has 0 aromatic carbocycles. The summed E-state index contributed by atoms with van der Waals surface area (Å²) in [6.45, 7) is 2.22. The van der Waals surface area contributed by atoms with Crippen LogP contribution in [0, 0.1) is 0 Å². The summed E-state index contributed by atoms with van der Waals surface area (Å²) in [6.07, 6.45) is 5.47. The number of aromatic amines is 1. The average molecular weight is 169 g/mol. The molecular weight excluding hydrogens is 154 g/mol. The molecule has 5 nitrogen and oxygen atoms in total. The molecule has 5 heteroatoms. The largest absolute Gasteiger partial charge is 0.328 e. The van der Waals surface area contributed by atoms with Crippen molar-refractivity contribution < 1.29 is 0 Å². The van der Waals surface area contributed by atoms with Gasteiger partial charge in [0.05, 0.1) is 12.4 Å². The molecule has 0 unspecified atom stereocenters. The van der Waals surface area contributed by atoms with Crippen LogP contribution >= 0.6 is 0 Å². The van der Waals surface area contributed by atoms with Crippen molar-refractivity contribution in [2.45, 2.75) is 18.9 Å². The quantitative estimate of drug-likeness (QED) is 0.489. The molecule has 2 heterocycles. The van der Waals surface area contributed by atoms with Crippen LogP contribution in [0.3, 0.4) is 0 Å². The van der Waals surface area contributed by atoms with Crippen molar-refractivity contribution in [2.75, 3.05) is 13.1 Å². The normalized spacial score (nSPS) is 18.1. The van der Waals surface area contributed by atoms with Crippen molar-refractivity contribution in [2.24, 2.45) is 5.73 Å². The standard InChI is InChI=1S/C5H12N2.C2H3N3/c6-5-1-3-7-4-2-5;1-2-4-5-3-1/h5,7H,1-4,6H2;1-2H,(H,3,4,5). The molecule has 12 heavy (non-hydrogen) atoms. The number of piperidine rings is 1. The number of nitrogens with zero attached hydrogens (tertiary/aromatic N) is 2. The maximum Gasteiger partial charge on any atom is 0.0690 e. The lowest BCUT2D eigenvalue weighted by Crippen LogP contribution is -2.35. The summed E-state index contributed by atoms with van der Waals surface area (Å²) in [7, 11) is 0. The van der Waals surface area contributed by atoms with Crippen molar-refractivity contribution in [3.05, 3.63) is 12.4 Å². The van der Waals surface area contributed by atoms with E-state index in [0.717, 1.165) is 25.9 Å². The second-order valence-electron chi connectivity index (χ2n) is 2.74. The second kappa shape index (κ2) is 5.68. The first kappa shape index (κ1) is 9.15. The van der Waals surface area contributed by atoms with Gasteiger partial charge in [-0.15, -0.1) is 0 Å². The predicted molar refractivity (Wildman–Crippen MR) is 46.5 cm³/mol. The first-order valence-corrected chi connectivity index (χ1v) is 4.15. The third-order valence-electron chi connectivity index (χ3n) is 1.72. The van der Waals surface area contributed by atoms with E-state index in [-0.39, 0.29) is 0 Å². The van der Waals surface area contributed by atoms with Gasteiger partial charge in [0.15, 0.2) is 0 Å². The Balaban J connectivity index is 0.000000127. The van der Waals surface area contributed by atoms with Gasteiger partial charge in [0, 0.05) is 6.04 Å². The predicted octanol–water partition coefficient (Wildman–Crippen LogP) is -0.498. The molecule has 1 fully saturated rings. The zero-order chi connectivity index (χ0) is 8.65. The highest BCUT2D eigenvalue weighted by Crippen LogP contribution is 1.96. The molecule has 1 aliphatic rings. The monoisotopic (exact) mass is 169 g/mol. The average Bonchev–Trinajstić information content (AvgIpc) is 2.62. The summed E-state index contributed by atoms with van der Waals surface area (Å²) in [5, 5.41) is 12.6. The molecule has 0 saturated carbocycles. The Kier molecular flexibility index (Phi) is 4.33. The first-order valence-electron chi connectivity index (χ1n) is 4.15. The summed E-state index contributed by atoms with van der Waals surface area (Å²) in [4.78, 5) is 0. The van der Waals surface area contributed by atoms with E-state index in [1.807, 2.05) is 0 Å². The first-order chi connectivity index (χ1) is 5.89. The molecule has 1 aliphatic heterocycles. The van der Waals surface area contributed by atoms with Crippen LogP contribution in [0.1, 0.15) is 12.8 Å². The van der Waals surface area contributed by atoms with E-state index in [4.69, 9.17) is 5.73 Å². The van der Waals surface area contributed by atoms with Gasteiger partial charge in [-0.05, 0) is 25.9 Å². The smallest absolute Gasteiger partial charge is 0.0690 e. The third kappa shape index (κ3) is 4.05. The number of nitrogens with two attached hydrogens (primary N) is 1. The van der Waals surface area contributed by atoms with Crippen molar-refractivity contribution in [1.82, 2.24) is 20.7 Å². The summed E-state index contributed by atoms with van der Waals surface area (Å²) in [6, 6.07) is 0.473. The van der Waals surface area contributed by atoms with Gasteiger partial charge < -0.3 is 11.1 Å². The van der Waals surface area contributed by atoms with Crippen molar-refractivity contribution in [3.8, 4) is 0 Å². The minimum absolute atomic E-state index is 0.473. The lowest BCUT2D eigenvalue weighted by atomic mass is 10.1. The molecular formula is C7H15N5. The highest BCUT2D eigenvalue weighted by molar-refractivity contribution is 4.69. The Morgan fingerprint density at radius 3 is 2.00 bits per heavy atom. The van der Waals surface area contributed by atoms with Gasteiger partial charge in [0.2, 0.25) is 0 Å². The molecule has 0 radical (unpaired) electrons. The van der Waals surface area contributed by atoms with Gasteiger partial charge in [0.25, 0.3) is 0 Å². The third-order valence-corrected chi connectivity index (χ3v) is 1.72. The van der Waals surface area contributed by atoms with Crippen LogP contribution < -0.4 is 11.1 Å². The Morgan fingerprint density at radius 1 is 1.17 bits per heavy atom. The molecule has 0 atom stereocenters. The minimum Gasteiger partial charge on any atom is -0.328 e. The Labute approximate surface area is 71.7 Å². The van der Waals surface area contributed by atoms with Crippen LogP contribution in [0.4, 0.5) is 0 Å². The number of hydrogen-bond donors (Lipinski definition) is 3. The maximum atomic E-state index is 5.59. The fourth-order valence-electron chi connectivity index (χ4n) is 1.01. The van der Waals surface area contributed by atoms with E-state index in [1.165, 1.54) is 0 Å². The molecule has 0 spiro atoms. The molecule has 1 aromatic heterocycles. The zero-order valence-electron chi connectivity index (χ0n) is 7.03. The molecule has 4 N–H and O–H groups in total. The van der Waals surface area contributed by atoms with Crippen LogP contribution in [0.25, 0.3) is 0 Å². The topological polar surface area (TPSA) is 79.6 Å². The van der Waals surface area contributed by atoms with Gasteiger partial charge in [-0.2, -0.15) is 15.4 Å². The zero-order valence-corrected chi connectivity index (χ0v) is 7.03. The number of rotatable bonds is 0. The van der Waals surface area contributed by atoms with Gasteiger partial charge in [-0.1, -0.05) is 0 Å². The van der Waals surface area contributed by atoms with Gasteiger partial charge >= 0.3 is 0 Å². The van der Waals surface area contributed by atoms with Crippen LogP contribution in [-0.4, -0.2) is 34.5 Å². The number of aromatic nitrogens is 3. The van der Waals surface area contributed by atoms with E-state index >= 15 is 0 Å². The van der Waals surface area contributed by atoms with Crippen LogP contribution in [-0.2, 0) is 0 Å². The highest BCUT2D eigenvalue weighted by Gasteiger charge is 2.05. The summed E-state index contributed by atoms with van der Waals surface area (Å²) >= 11 is 0. The fraction of sp³-hybridized carbons (Fsp3) is 0.714. The number of H-pyrrole nitrogens is 1. The van der Waals surface area contributed by atoms with E-state index in [0.29, 0.717) is 6.04 Å². The van der Waals surface area contributed by atoms with Crippen LogP contribution in [0.5, 0.6) is 0 Å². The number of nitrogens with one attached hydrogen (secondary N) is 2. The highest BCUT2D eigenvalue weighted by atomic mass is 15.3.